The van der Waals surface area contributed by atoms with Crippen LogP contribution in [0.1, 0.15) is 37.3 Å². The highest BCUT2D eigenvalue weighted by atomic mass is 16.5. The summed E-state index contributed by atoms with van der Waals surface area (Å²) in [6, 6.07) is 13.4. The third-order valence-electron chi connectivity index (χ3n) is 4.56. The third kappa shape index (κ3) is 5.00. The standard InChI is InChI=1S/C23H26N2O3/c1-3-15-28-21-16-17(2)6-12-20(21)24-22(26)13-9-18-7-10-19(11-8-18)25-14-4-5-23(25)27/h6-13,16H,3-5,14-15H2,1-2H3,(H,24,26)/b13-9+. The largest absolute Gasteiger partial charge is 0.491 e. The van der Waals surface area contributed by atoms with Crippen LogP contribution in [0.4, 0.5) is 11.4 Å². The second-order valence-corrected chi connectivity index (χ2v) is 6.91. The predicted octanol–water partition coefficient (Wildman–Crippen LogP) is 4.56. The lowest BCUT2D eigenvalue weighted by atomic mass is 10.1. The van der Waals surface area contributed by atoms with Crippen molar-refractivity contribution >= 4 is 29.3 Å². The highest BCUT2D eigenvalue weighted by Gasteiger charge is 2.21. The third-order valence-corrected chi connectivity index (χ3v) is 4.56. The highest BCUT2D eigenvalue weighted by Crippen LogP contribution is 2.26. The maximum absolute atomic E-state index is 12.3. The van der Waals surface area contributed by atoms with E-state index in [1.54, 1.807) is 11.0 Å². The van der Waals surface area contributed by atoms with E-state index in [9.17, 15) is 9.59 Å². The number of carbonyl (C=O) groups is 2. The van der Waals surface area contributed by atoms with E-state index in [0.717, 1.165) is 36.2 Å². The van der Waals surface area contributed by atoms with Crippen LogP contribution in [-0.2, 0) is 9.59 Å². The van der Waals surface area contributed by atoms with Crippen LogP contribution in [0.5, 0.6) is 5.75 Å². The van der Waals surface area contributed by atoms with Crippen LogP contribution in [0.2, 0.25) is 0 Å². The molecule has 0 radical (unpaired) electrons. The lowest BCUT2D eigenvalue weighted by Gasteiger charge is -2.15. The van der Waals surface area contributed by atoms with Gasteiger partial charge in [0.2, 0.25) is 11.8 Å². The zero-order chi connectivity index (χ0) is 19.9. The molecule has 0 unspecified atom stereocenters. The van der Waals surface area contributed by atoms with Gasteiger partial charge < -0.3 is 15.0 Å². The van der Waals surface area contributed by atoms with Gasteiger partial charge in [-0.15, -0.1) is 0 Å². The molecule has 1 N–H and O–H groups in total. The van der Waals surface area contributed by atoms with Gasteiger partial charge in [-0.2, -0.15) is 0 Å². The molecule has 0 saturated carbocycles. The Kier molecular flexibility index (Phi) is 6.48. The Bertz CT molecular complexity index is 872. The maximum Gasteiger partial charge on any atom is 0.248 e. The van der Waals surface area contributed by atoms with Gasteiger partial charge in [-0.3, -0.25) is 9.59 Å². The maximum atomic E-state index is 12.3. The molecule has 0 aliphatic carbocycles. The summed E-state index contributed by atoms with van der Waals surface area (Å²) in [4.78, 5) is 25.9. The molecular formula is C23H26N2O3. The number of nitrogens with zero attached hydrogens (tertiary/aromatic N) is 1. The first kappa shape index (κ1) is 19.7. The minimum atomic E-state index is -0.219. The summed E-state index contributed by atoms with van der Waals surface area (Å²) in [6.45, 7) is 5.41. The van der Waals surface area contributed by atoms with Gasteiger partial charge in [-0.25, -0.2) is 0 Å². The van der Waals surface area contributed by atoms with E-state index in [4.69, 9.17) is 4.74 Å². The van der Waals surface area contributed by atoms with Crippen molar-refractivity contribution in [2.24, 2.45) is 0 Å². The highest BCUT2D eigenvalue weighted by molar-refractivity contribution is 6.03. The summed E-state index contributed by atoms with van der Waals surface area (Å²) in [5, 5.41) is 2.88. The molecule has 0 spiro atoms. The second kappa shape index (κ2) is 9.22. The first-order valence-corrected chi connectivity index (χ1v) is 9.70. The van der Waals surface area contributed by atoms with Crippen LogP contribution in [-0.4, -0.2) is 25.0 Å². The lowest BCUT2D eigenvalue weighted by Crippen LogP contribution is -2.23. The molecule has 2 amide bonds. The number of hydrogen-bond donors (Lipinski definition) is 1. The van der Waals surface area contributed by atoms with Crippen LogP contribution in [0.15, 0.2) is 48.5 Å². The monoisotopic (exact) mass is 378 g/mol. The average molecular weight is 378 g/mol. The van der Waals surface area contributed by atoms with E-state index in [1.165, 1.54) is 6.08 Å². The van der Waals surface area contributed by atoms with Crippen LogP contribution in [0.3, 0.4) is 0 Å². The molecule has 1 heterocycles. The molecule has 146 valence electrons. The van der Waals surface area contributed by atoms with Crippen molar-refractivity contribution in [2.45, 2.75) is 33.1 Å². The Hall–Kier alpha value is -3.08. The van der Waals surface area contributed by atoms with E-state index >= 15 is 0 Å². The Morgan fingerprint density at radius 2 is 2.00 bits per heavy atom. The quantitative estimate of drug-likeness (QED) is 0.719. The van der Waals surface area contributed by atoms with Crippen molar-refractivity contribution in [3.05, 3.63) is 59.7 Å². The zero-order valence-electron chi connectivity index (χ0n) is 16.4. The Balaban J connectivity index is 1.63. The first-order valence-electron chi connectivity index (χ1n) is 9.70. The molecule has 1 saturated heterocycles. The molecule has 28 heavy (non-hydrogen) atoms. The van der Waals surface area contributed by atoms with Crippen LogP contribution < -0.4 is 15.0 Å². The lowest BCUT2D eigenvalue weighted by molar-refractivity contribution is -0.117. The molecule has 2 aromatic carbocycles. The number of ether oxygens (including phenoxy) is 1. The van der Waals surface area contributed by atoms with Gasteiger partial charge in [0.15, 0.2) is 0 Å². The number of hydrogen-bond acceptors (Lipinski definition) is 3. The van der Waals surface area contributed by atoms with Crippen LogP contribution in [0.25, 0.3) is 6.08 Å². The van der Waals surface area contributed by atoms with Gasteiger partial charge in [0.1, 0.15) is 5.75 Å². The fraction of sp³-hybridized carbons (Fsp3) is 0.304. The van der Waals surface area contributed by atoms with Gasteiger partial charge in [0.25, 0.3) is 0 Å². The average Bonchev–Trinajstić information content (AvgIpc) is 3.13. The van der Waals surface area contributed by atoms with E-state index in [2.05, 4.69) is 5.32 Å². The Morgan fingerprint density at radius 3 is 2.68 bits per heavy atom. The van der Waals surface area contributed by atoms with Gasteiger partial charge in [-0.05, 0) is 61.2 Å². The van der Waals surface area contributed by atoms with E-state index in [-0.39, 0.29) is 11.8 Å². The molecule has 5 heteroatoms. The minimum absolute atomic E-state index is 0.168. The summed E-state index contributed by atoms with van der Waals surface area (Å²) < 4.78 is 5.73. The number of benzene rings is 2. The number of aryl methyl sites for hydroxylation is 1. The molecule has 1 aliphatic heterocycles. The normalized spacial score (nSPS) is 13.9. The topological polar surface area (TPSA) is 58.6 Å². The van der Waals surface area contributed by atoms with Gasteiger partial charge in [0.05, 0.1) is 12.3 Å². The van der Waals surface area contributed by atoms with E-state index < -0.39 is 0 Å². The summed E-state index contributed by atoms with van der Waals surface area (Å²) >= 11 is 0. The van der Waals surface area contributed by atoms with Crippen molar-refractivity contribution in [2.75, 3.05) is 23.4 Å². The molecular weight excluding hydrogens is 352 g/mol. The van der Waals surface area contributed by atoms with Crippen molar-refractivity contribution in [3.8, 4) is 5.75 Å². The van der Waals surface area contributed by atoms with Crippen molar-refractivity contribution < 1.29 is 14.3 Å². The van der Waals surface area contributed by atoms with Gasteiger partial charge >= 0.3 is 0 Å². The smallest absolute Gasteiger partial charge is 0.248 e. The van der Waals surface area contributed by atoms with Crippen molar-refractivity contribution in [3.63, 3.8) is 0 Å². The number of nitrogens with one attached hydrogen (secondary N) is 1. The van der Waals surface area contributed by atoms with Crippen LogP contribution in [0, 0.1) is 6.92 Å². The van der Waals surface area contributed by atoms with Crippen molar-refractivity contribution in [1.82, 2.24) is 0 Å². The van der Waals surface area contributed by atoms with E-state index in [0.29, 0.717) is 24.5 Å². The molecule has 0 atom stereocenters. The summed E-state index contributed by atoms with van der Waals surface area (Å²) in [5.41, 5.74) is 3.55. The molecule has 3 rings (SSSR count). The van der Waals surface area contributed by atoms with Gasteiger partial charge in [-0.1, -0.05) is 25.1 Å². The summed E-state index contributed by atoms with van der Waals surface area (Å²) in [5.74, 6) is 0.633. The molecule has 0 aromatic heterocycles. The Morgan fingerprint density at radius 1 is 1.21 bits per heavy atom. The Labute approximate surface area is 166 Å². The zero-order valence-corrected chi connectivity index (χ0v) is 16.4. The summed E-state index contributed by atoms with van der Waals surface area (Å²) in [7, 11) is 0. The second-order valence-electron chi connectivity index (χ2n) is 6.91. The predicted molar refractivity (Wildman–Crippen MR) is 113 cm³/mol. The summed E-state index contributed by atoms with van der Waals surface area (Å²) in [6.07, 6.45) is 5.68. The molecule has 0 bridgehead atoms. The fourth-order valence-corrected chi connectivity index (χ4v) is 3.10. The fourth-order valence-electron chi connectivity index (χ4n) is 3.10. The van der Waals surface area contributed by atoms with E-state index in [1.807, 2.05) is 56.3 Å². The number of anilines is 2. The molecule has 1 aliphatic rings. The number of carbonyl (C=O) groups excluding carboxylic acids is 2. The SMILES string of the molecule is CCCOc1cc(C)ccc1NC(=O)/C=C/c1ccc(N2CCCC2=O)cc1. The van der Waals surface area contributed by atoms with Crippen LogP contribution >= 0.6 is 0 Å². The minimum Gasteiger partial charge on any atom is -0.491 e. The number of amides is 2. The number of rotatable bonds is 7. The van der Waals surface area contributed by atoms with Crippen molar-refractivity contribution in [1.29, 1.82) is 0 Å². The molecule has 5 nitrogen and oxygen atoms in total. The molecule has 2 aromatic rings. The molecule has 1 fully saturated rings. The van der Waals surface area contributed by atoms with Gasteiger partial charge in [0, 0.05) is 24.7 Å². The first-order chi connectivity index (χ1) is 13.6.